The quantitative estimate of drug-likeness (QED) is 0.511. The van der Waals surface area contributed by atoms with Crippen LogP contribution in [0.1, 0.15) is 21.5 Å². The van der Waals surface area contributed by atoms with Crippen molar-refractivity contribution in [3.05, 3.63) is 90.8 Å². The summed E-state index contributed by atoms with van der Waals surface area (Å²) in [5.74, 6) is 1.83. The van der Waals surface area contributed by atoms with Crippen LogP contribution in [0.25, 0.3) is 12.2 Å². The molecule has 1 heterocycles. The van der Waals surface area contributed by atoms with Crippen molar-refractivity contribution in [1.29, 1.82) is 0 Å². The number of pyridine rings is 1. The number of nitrogens with zero attached hydrogens (tertiary/aromatic N) is 1. The van der Waals surface area contributed by atoms with Crippen molar-refractivity contribution in [2.24, 2.45) is 0 Å². The Hall–Kier alpha value is -3.66. The van der Waals surface area contributed by atoms with Crippen molar-refractivity contribution >= 4 is 18.4 Å². The van der Waals surface area contributed by atoms with Gasteiger partial charge in [0.2, 0.25) is 0 Å². The van der Waals surface area contributed by atoms with Crippen LogP contribution < -0.4 is 9.47 Å². The van der Waals surface area contributed by atoms with Crippen molar-refractivity contribution in [3.63, 3.8) is 0 Å². The third-order valence-electron chi connectivity index (χ3n) is 3.72. The molecule has 0 aliphatic rings. The van der Waals surface area contributed by atoms with Gasteiger partial charge < -0.3 is 9.47 Å². The van der Waals surface area contributed by atoms with E-state index in [0.29, 0.717) is 34.8 Å². The second-order valence-corrected chi connectivity index (χ2v) is 5.42. The van der Waals surface area contributed by atoms with E-state index in [9.17, 15) is 4.79 Å². The van der Waals surface area contributed by atoms with Crippen LogP contribution in [0.5, 0.6) is 23.0 Å². The maximum Gasteiger partial charge on any atom is 0.159 e. The summed E-state index contributed by atoms with van der Waals surface area (Å²) in [6.07, 6.45) is 7.16. The van der Waals surface area contributed by atoms with Crippen LogP contribution in [0, 0.1) is 0 Å². The zero-order valence-electron chi connectivity index (χ0n) is 14.1. The summed E-state index contributed by atoms with van der Waals surface area (Å²) in [5.41, 5.74) is 2.25. The molecule has 1 aromatic heterocycles. The second kappa shape index (κ2) is 7.94. The van der Waals surface area contributed by atoms with Crippen molar-refractivity contribution in [1.82, 2.24) is 4.98 Å². The van der Waals surface area contributed by atoms with Crippen LogP contribution in [0.3, 0.4) is 0 Å². The molecule has 0 aliphatic carbocycles. The van der Waals surface area contributed by atoms with Crippen LogP contribution in [-0.4, -0.2) is 11.3 Å². The molecule has 0 saturated heterocycles. The molecule has 3 rings (SSSR count). The van der Waals surface area contributed by atoms with Gasteiger partial charge in [-0.3, -0.25) is 9.78 Å². The Morgan fingerprint density at radius 3 is 1.50 bits per heavy atom. The molecule has 0 radical (unpaired) electrons. The van der Waals surface area contributed by atoms with Gasteiger partial charge in [-0.05, 0) is 35.4 Å². The SMILES string of the molecule is C=Cc1ccc(Oc2cncc(Oc3ccc(C=C)cc3)c2C=O)cc1. The molecule has 0 amide bonds. The van der Waals surface area contributed by atoms with E-state index in [2.05, 4.69) is 18.1 Å². The maximum absolute atomic E-state index is 11.6. The summed E-state index contributed by atoms with van der Waals surface area (Å²) in [4.78, 5) is 15.7. The molecule has 2 aromatic carbocycles. The number of hydrogen-bond acceptors (Lipinski definition) is 4. The number of benzene rings is 2. The highest BCUT2D eigenvalue weighted by Crippen LogP contribution is 2.32. The molecule has 0 unspecified atom stereocenters. The normalized spacial score (nSPS) is 10.0. The van der Waals surface area contributed by atoms with Gasteiger partial charge in [-0.15, -0.1) is 0 Å². The first-order chi connectivity index (χ1) is 12.7. The number of aromatic nitrogens is 1. The summed E-state index contributed by atoms with van der Waals surface area (Å²) in [6.45, 7) is 7.43. The minimum absolute atomic E-state index is 0.292. The summed E-state index contributed by atoms with van der Waals surface area (Å²) < 4.78 is 11.6. The van der Waals surface area contributed by atoms with Crippen LogP contribution >= 0.6 is 0 Å². The van der Waals surface area contributed by atoms with Gasteiger partial charge in [0.1, 0.15) is 17.1 Å². The van der Waals surface area contributed by atoms with Gasteiger partial charge in [0.25, 0.3) is 0 Å². The van der Waals surface area contributed by atoms with Gasteiger partial charge in [-0.1, -0.05) is 49.6 Å². The van der Waals surface area contributed by atoms with Gasteiger partial charge in [0, 0.05) is 0 Å². The Morgan fingerprint density at radius 1 is 0.731 bits per heavy atom. The number of carbonyl (C=O) groups is 1. The van der Waals surface area contributed by atoms with E-state index in [1.165, 1.54) is 12.4 Å². The molecule has 0 atom stereocenters. The molecule has 26 heavy (non-hydrogen) atoms. The first-order valence-corrected chi connectivity index (χ1v) is 7.97. The summed E-state index contributed by atoms with van der Waals surface area (Å²) in [5, 5.41) is 0. The molecule has 0 fully saturated rings. The largest absolute Gasteiger partial charge is 0.455 e. The fraction of sp³-hybridized carbons (Fsp3) is 0. The van der Waals surface area contributed by atoms with E-state index < -0.39 is 0 Å². The van der Waals surface area contributed by atoms with Crippen LogP contribution in [0.4, 0.5) is 0 Å². The number of rotatable bonds is 7. The summed E-state index contributed by atoms with van der Waals surface area (Å²) in [6, 6.07) is 14.7. The minimum atomic E-state index is 0.292. The molecule has 0 bridgehead atoms. The summed E-state index contributed by atoms with van der Waals surface area (Å²) >= 11 is 0. The third kappa shape index (κ3) is 3.87. The lowest BCUT2D eigenvalue weighted by atomic mass is 10.2. The molecular weight excluding hydrogens is 326 g/mol. The molecule has 0 spiro atoms. The van der Waals surface area contributed by atoms with Crippen molar-refractivity contribution < 1.29 is 14.3 Å². The second-order valence-electron chi connectivity index (χ2n) is 5.42. The fourth-order valence-electron chi connectivity index (χ4n) is 2.31. The van der Waals surface area contributed by atoms with Crippen molar-refractivity contribution in [2.75, 3.05) is 0 Å². The fourth-order valence-corrected chi connectivity index (χ4v) is 2.31. The molecule has 4 nitrogen and oxygen atoms in total. The topological polar surface area (TPSA) is 48.4 Å². The first kappa shape index (κ1) is 17.2. The van der Waals surface area contributed by atoms with Crippen LogP contribution in [-0.2, 0) is 0 Å². The van der Waals surface area contributed by atoms with Crippen molar-refractivity contribution in [2.45, 2.75) is 0 Å². The minimum Gasteiger partial charge on any atom is -0.455 e. The third-order valence-corrected chi connectivity index (χ3v) is 3.72. The zero-order valence-corrected chi connectivity index (χ0v) is 14.1. The van der Waals surface area contributed by atoms with Gasteiger partial charge in [0.05, 0.1) is 12.4 Å². The lowest BCUT2D eigenvalue weighted by Crippen LogP contribution is -1.96. The van der Waals surface area contributed by atoms with E-state index in [1.807, 2.05) is 24.3 Å². The Kier molecular flexibility index (Phi) is 5.25. The Labute approximate surface area is 152 Å². The predicted molar refractivity (Wildman–Crippen MR) is 103 cm³/mol. The Balaban J connectivity index is 1.86. The average Bonchev–Trinajstić information content (AvgIpc) is 2.69. The molecule has 3 aromatic rings. The highest BCUT2D eigenvalue weighted by molar-refractivity contribution is 5.83. The lowest BCUT2D eigenvalue weighted by molar-refractivity contribution is 0.111. The van der Waals surface area contributed by atoms with Gasteiger partial charge in [-0.2, -0.15) is 0 Å². The standard InChI is InChI=1S/C22H17NO3/c1-3-16-5-9-18(10-6-16)25-21-13-23-14-22(20(21)15-24)26-19-11-7-17(4-2)8-12-19/h3-15H,1-2H2. The predicted octanol–water partition coefficient (Wildman–Crippen LogP) is 5.76. The number of carbonyl (C=O) groups excluding carboxylic acids is 1. The number of aldehydes is 1. The van der Waals surface area contributed by atoms with E-state index in [4.69, 9.17) is 9.47 Å². The van der Waals surface area contributed by atoms with Gasteiger partial charge >= 0.3 is 0 Å². The smallest absolute Gasteiger partial charge is 0.159 e. The molecule has 4 heteroatoms. The molecule has 0 aliphatic heterocycles. The highest BCUT2D eigenvalue weighted by Gasteiger charge is 2.13. The van der Waals surface area contributed by atoms with Gasteiger partial charge in [-0.25, -0.2) is 0 Å². The highest BCUT2D eigenvalue weighted by atomic mass is 16.5. The van der Waals surface area contributed by atoms with Crippen LogP contribution in [0.15, 0.2) is 74.1 Å². The van der Waals surface area contributed by atoms with Gasteiger partial charge in [0.15, 0.2) is 17.8 Å². The van der Waals surface area contributed by atoms with Crippen LogP contribution in [0.2, 0.25) is 0 Å². The zero-order chi connectivity index (χ0) is 18.4. The van der Waals surface area contributed by atoms with E-state index >= 15 is 0 Å². The monoisotopic (exact) mass is 343 g/mol. The summed E-state index contributed by atoms with van der Waals surface area (Å²) in [7, 11) is 0. The Morgan fingerprint density at radius 2 is 1.15 bits per heavy atom. The van der Waals surface area contributed by atoms with E-state index in [0.717, 1.165) is 11.1 Å². The van der Waals surface area contributed by atoms with E-state index in [-0.39, 0.29) is 0 Å². The molecule has 0 N–H and O–H groups in total. The lowest BCUT2D eigenvalue weighted by Gasteiger charge is -2.12. The number of ether oxygens (including phenoxy) is 2. The average molecular weight is 343 g/mol. The van der Waals surface area contributed by atoms with E-state index in [1.54, 1.807) is 36.4 Å². The maximum atomic E-state index is 11.6. The molecular formula is C22H17NO3. The molecule has 128 valence electrons. The van der Waals surface area contributed by atoms with Crippen molar-refractivity contribution in [3.8, 4) is 23.0 Å². The first-order valence-electron chi connectivity index (χ1n) is 7.97. The number of hydrogen-bond donors (Lipinski definition) is 0. The Bertz CT molecular complexity index is 857. The molecule has 0 saturated carbocycles.